The van der Waals surface area contributed by atoms with Crippen molar-refractivity contribution >= 4 is 10.2 Å². The summed E-state index contributed by atoms with van der Waals surface area (Å²) in [6.45, 7) is 17.1. The molecule has 3 heteroatoms. The van der Waals surface area contributed by atoms with Crippen LogP contribution < -0.4 is 10.6 Å². The zero-order chi connectivity index (χ0) is 12.3. The molecule has 15 heavy (non-hydrogen) atoms. The molecule has 0 saturated heterocycles. The summed E-state index contributed by atoms with van der Waals surface area (Å²) in [5, 5.41) is 7.26. The smallest absolute Gasteiger partial charge is 0.0851 e. The highest BCUT2D eigenvalue weighted by atomic mass is 28.1. The van der Waals surface area contributed by atoms with Gasteiger partial charge >= 0.3 is 0 Å². The van der Waals surface area contributed by atoms with Gasteiger partial charge in [0.05, 0.1) is 5.66 Å². The molecule has 0 spiro atoms. The van der Waals surface area contributed by atoms with Crippen LogP contribution in [0.25, 0.3) is 0 Å². The van der Waals surface area contributed by atoms with Crippen LogP contribution in [0.15, 0.2) is 12.7 Å². The minimum Gasteiger partial charge on any atom is -0.292 e. The van der Waals surface area contributed by atoms with E-state index in [1.54, 1.807) is 0 Å². The predicted molar refractivity (Wildman–Crippen MR) is 73.5 cm³/mol. The molecule has 0 amide bonds. The second-order valence-corrected chi connectivity index (χ2v) is 6.99. The monoisotopic (exact) mass is 228 g/mol. The molecule has 0 aromatic heterocycles. The van der Waals surface area contributed by atoms with Crippen molar-refractivity contribution in [1.82, 2.24) is 10.6 Å². The van der Waals surface area contributed by atoms with Crippen molar-refractivity contribution in [1.29, 1.82) is 0 Å². The molecule has 0 saturated carbocycles. The van der Waals surface area contributed by atoms with Crippen LogP contribution >= 0.6 is 0 Å². The van der Waals surface area contributed by atoms with Crippen LogP contribution in [0.1, 0.15) is 41.5 Å². The normalized spacial score (nSPS) is 14.3. The topological polar surface area (TPSA) is 24.1 Å². The molecular weight excluding hydrogens is 200 g/mol. The first-order chi connectivity index (χ1) is 6.54. The summed E-state index contributed by atoms with van der Waals surface area (Å²) in [5.41, 5.74) is 0.0659. The van der Waals surface area contributed by atoms with Gasteiger partial charge in [0.1, 0.15) is 0 Å². The van der Waals surface area contributed by atoms with Crippen LogP contribution in [0.2, 0.25) is 6.04 Å². The Balaban J connectivity index is 4.82. The third-order valence-electron chi connectivity index (χ3n) is 2.10. The van der Waals surface area contributed by atoms with Crippen molar-refractivity contribution in [2.24, 2.45) is 0 Å². The summed E-state index contributed by atoms with van der Waals surface area (Å²) < 4.78 is 0. The highest BCUT2D eigenvalue weighted by molar-refractivity contribution is 6.09. The highest BCUT2D eigenvalue weighted by Gasteiger charge is 2.32. The van der Waals surface area contributed by atoms with E-state index < -0.39 is 0 Å². The molecule has 2 nitrogen and oxygen atoms in total. The quantitative estimate of drug-likeness (QED) is 0.432. The molecule has 0 radical (unpaired) electrons. The van der Waals surface area contributed by atoms with E-state index in [0.717, 1.165) is 16.3 Å². The SMILES string of the molecule is C=CC(C[SiH3])(NC(C)(C)C)NC(C)(C)C. The van der Waals surface area contributed by atoms with Crippen molar-refractivity contribution in [3.8, 4) is 0 Å². The minimum atomic E-state index is -0.122. The van der Waals surface area contributed by atoms with E-state index in [2.05, 4.69) is 58.8 Å². The fourth-order valence-electron chi connectivity index (χ4n) is 1.79. The van der Waals surface area contributed by atoms with Crippen molar-refractivity contribution in [3.63, 3.8) is 0 Å². The standard InChI is InChI=1S/C12H28N2Si/c1-8-12(9-15,13-10(2,3)4)14-11(5,6)7/h8,13-14H,1,9H2,2-7,15H3. The van der Waals surface area contributed by atoms with Gasteiger partial charge in [-0.1, -0.05) is 12.7 Å². The third kappa shape index (κ3) is 6.13. The van der Waals surface area contributed by atoms with Crippen LogP contribution in [-0.2, 0) is 0 Å². The van der Waals surface area contributed by atoms with E-state index in [-0.39, 0.29) is 16.7 Å². The van der Waals surface area contributed by atoms with Gasteiger partial charge in [-0.15, -0.1) is 0 Å². The van der Waals surface area contributed by atoms with Gasteiger partial charge in [-0.05, 0) is 47.6 Å². The van der Waals surface area contributed by atoms with Crippen molar-refractivity contribution in [2.45, 2.75) is 64.3 Å². The predicted octanol–water partition coefficient (Wildman–Crippen LogP) is 1.43. The van der Waals surface area contributed by atoms with E-state index in [0.29, 0.717) is 0 Å². The summed E-state index contributed by atoms with van der Waals surface area (Å²) in [4.78, 5) is 0. The second kappa shape index (κ2) is 4.81. The second-order valence-electron chi connectivity index (χ2n) is 6.28. The van der Waals surface area contributed by atoms with E-state index in [1.165, 1.54) is 0 Å². The van der Waals surface area contributed by atoms with Crippen LogP contribution in [0, 0.1) is 0 Å². The van der Waals surface area contributed by atoms with E-state index in [4.69, 9.17) is 0 Å². The summed E-state index contributed by atoms with van der Waals surface area (Å²) in [6.07, 6.45) is 2.01. The average molecular weight is 228 g/mol. The molecular formula is C12H28N2Si. The maximum absolute atomic E-state index is 3.97. The summed E-state index contributed by atoms with van der Waals surface area (Å²) in [7, 11) is 1.15. The molecule has 0 fully saturated rings. The van der Waals surface area contributed by atoms with Crippen molar-refractivity contribution in [3.05, 3.63) is 12.7 Å². The molecule has 0 aromatic rings. The summed E-state index contributed by atoms with van der Waals surface area (Å²) in [5.74, 6) is 0. The zero-order valence-corrected chi connectivity index (χ0v) is 13.5. The van der Waals surface area contributed by atoms with E-state index >= 15 is 0 Å². The Hall–Kier alpha value is -0.123. The fraction of sp³-hybridized carbons (Fsp3) is 0.833. The lowest BCUT2D eigenvalue weighted by Crippen LogP contribution is -2.65. The molecule has 0 aliphatic rings. The van der Waals surface area contributed by atoms with Gasteiger partial charge in [0.25, 0.3) is 0 Å². The molecule has 0 aliphatic carbocycles. The molecule has 0 heterocycles. The Labute approximate surface area is 98.3 Å². The lowest BCUT2D eigenvalue weighted by Gasteiger charge is -2.43. The Morgan fingerprint density at radius 2 is 1.33 bits per heavy atom. The minimum absolute atomic E-state index is 0.0941. The summed E-state index contributed by atoms with van der Waals surface area (Å²) >= 11 is 0. The summed E-state index contributed by atoms with van der Waals surface area (Å²) in [6, 6.07) is 1.12. The third-order valence-corrected chi connectivity index (χ3v) is 3.22. The van der Waals surface area contributed by atoms with Gasteiger partial charge in [0.2, 0.25) is 0 Å². The molecule has 0 bridgehead atoms. The van der Waals surface area contributed by atoms with Gasteiger partial charge in [0.15, 0.2) is 0 Å². The molecule has 0 rings (SSSR count). The van der Waals surface area contributed by atoms with Gasteiger partial charge in [-0.2, -0.15) is 0 Å². The Morgan fingerprint density at radius 1 is 1.00 bits per heavy atom. The van der Waals surface area contributed by atoms with Crippen LogP contribution in [0.4, 0.5) is 0 Å². The van der Waals surface area contributed by atoms with Gasteiger partial charge < -0.3 is 0 Å². The Morgan fingerprint density at radius 3 is 1.47 bits per heavy atom. The Bertz CT molecular complexity index is 195. The lowest BCUT2D eigenvalue weighted by molar-refractivity contribution is 0.215. The maximum Gasteiger partial charge on any atom is 0.0851 e. The first-order valence-electron chi connectivity index (χ1n) is 5.76. The fourth-order valence-corrected chi connectivity index (χ4v) is 2.43. The molecule has 0 aromatic carbocycles. The molecule has 2 N–H and O–H groups in total. The largest absolute Gasteiger partial charge is 0.292 e. The molecule has 0 aliphatic heterocycles. The lowest BCUT2D eigenvalue weighted by atomic mass is 10.00. The number of hydrogen-bond acceptors (Lipinski definition) is 2. The first-order valence-corrected chi connectivity index (χ1v) is 7.17. The van der Waals surface area contributed by atoms with Crippen LogP contribution in [0.5, 0.6) is 0 Å². The molecule has 90 valence electrons. The van der Waals surface area contributed by atoms with Crippen LogP contribution in [-0.4, -0.2) is 27.0 Å². The van der Waals surface area contributed by atoms with Crippen molar-refractivity contribution in [2.75, 3.05) is 0 Å². The van der Waals surface area contributed by atoms with Gasteiger partial charge in [-0.25, -0.2) is 0 Å². The highest BCUT2D eigenvalue weighted by Crippen LogP contribution is 2.17. The number of rotatable bonds is 4. The number of nitrogens with one attached hydrogen (secondary N) is 2. The van der Waals surface area contributed by atoms with Gasteiger partial charge in [-0.3, -0.25) is 10.6 Å². The maximum atomic E-state index is 3.97. The first kappa shape index (κ1) is 14.9. The molecule has 0 unspecified atom stereocenters. The molecule has 0 atom stereocenters. The van der Waals surface area contributed by atoms with Gasteiger partial charge in [0, 0.05) is 21.3 Å². The Kier molecular flexibility index (Phi) is 4.77. The van der Waals surface area contributed by atoms with Crippen LogP contribution in [0.3, 0.4) is 0 Å². The van der Waals surface area contributed by atoms with E-state index in [1.807, 2.05) is 6.08 Å². The zero-order valence-electron chi connectivity index (χ0n) is 11.5. The van der Waals surface area contributed by atoms with E-state index in [9.17, 15) is 0 Å². The van der Waals surface area contributed by atoms with Crippen molar-refractivity contribution < 1.29 is 0 Å². The number of hydrogen-bond donors (Lipinski definition) is 2. The average Bonchev–Trinajstić information content (AvgIpc) is 1.98.